The molecule has 178 valence electrons. The first-order valence-electron chi connectivity index (χ1n) is 13.3. The summed E-state index contributed by atoms with van der Waals surface area (Å²) in [6.45, 7) is 16.1. The Kier molecular flexibility index (Phi) is 6.56. The van der Waals surface area contributed by atoms with Crippen molar-refractivity contribution in [2.45, 2.75) is 106 Å². The Balaban J connectivity index is 1.54. The maximum Gasteiger partial charge on any atom is 0.302 e. The van der Waals surface area contributed by atoms with Crippen molar-refractivity contribution in [2.75, 3.05) is 0 Å². The third-order valence-electron chi connectivity index (χ3n) is 10.2. The number of hydrogen-bond acceptors (Lipinski definition) is 2. The van der Waals surface area contributed by atoms with Gasteiger partial charge in [-0.3, -0.25) is 4.79 Å². The number of fused-ring (bicyclic) bond motifs is 4. The van der Waals surface area contributed by atoms with Crippen LogP contribution in [0.1, 0.15) is 99.8 Å². The Labute approximate surface area is 197 Å². The van der Waals surface area contributed by atoms with Crippen LogP contribution >= 0.6 is 0 Å². The summed E-state index contributed by atoms with van der Waals surface area (Å²) in [5.74, 6) is 3.27. The molecule has 0 aromatic carbocycles. The van der Waals surface area contributed by atoms with E-state index in [-0.39, 0.29) is 12.1 Å². The van der Waals surface area contributed by atoms with Gasteiger partial charge in [0, 0.05) is 6.92 Å². The van der Waals surface area contributed by atoms with E-state index in [4.69, 9.17) is 4.74 Å². The van der Waals surface area contributed by atoms with Crippen LogP contribution < -0.4 is 0 Å². The summed E-state index contributed by atoms with van der Waals surface area (Å²) in [5.41, 5.74) is 5.86. The Bertz CT molecular complexity index is 830. The molecule has 0 aromatic rings. The number of carbonyl (C=O) groups is 1. The molecule has 7 atom stereocenters. The molecule has 4 aliphatic carbocycles. The zero-order valence-corrected chi connectivity index (χ0v) is 21.7. The van der Waals surface area contributed by atoms with Gasteiger partial charge in [-0.1, -0.05) is 65.3 Å². The Morgan fingerprint density at radius 2 is 1.81 bits per heavy atom. The van der Waals surface area contributed by atoms with E-state index in [1.165, 1.54) is 38.5 Å². The second-order valence-corrected chi connectivity index (χ2v) is 12.3. The number of hydrogen-bond donors (Lipinski definition) is 0. The number of ether oxygens (including phenoxy) is 1. The van der Waals surface area contributed by atoms with Crippen molar-refractivity contribution in [3.63, 3.8) is 0 Å². The smallest absolute Gasteiger partial charge is 0.302 e. The minimum absolute atomic E-state index is 0.115. The van der Waals surface area contributed by atoms with E-state index in [1.807, 2.05) is 0 Å². The highest BCUT2D eigenvalue weighted by molar-refractivity contribution is 5.66. The lowest BCUT2D eigenvalue weighted by Gasteiger charge is -2.54. The van der Waals surface area contributed by atoms with Crippen molar-refractivity contribution < 1.29 is 9.53 Å². The standard InChI is InChI=1S/C30H46O2/c1-19(2)20(3)8-9-21(4)26-12-13-27-25-11-10-23-18-24(32-22(5)31)14-16-29(23,6)28(25)15-17-30(26,27)7/h8-9,13,19-21,23-24,26H,10-12,14-18H2,1-7H3/b9-8+/t20-,21+,23+,24+,26+,29-,30-/m0/s1. The summed E-state index contributed by atoms with van der Waals surface area (Å²) >= 11 is 0. The van der Waals surface area contributed by atoms with Gasteiger partial charge in [0.05, 0.1) is 0 Å². The highest BCUT2D eigenvalue weighted by Crippen LogP contribution is 2.64. The largest absolute Gasteiger partial charge is 0.463 e. The van der Waals surface area contributed by atoms with Crippen LogP contribution in [0.15, 0.2) is 34.9 Å². The molecule has 0 N–H and O–H groups in total. The lowest BCUT2D eigenvalue weighted by Crippen LogP contribution is -2.44. The minimum Gasteiger partial charge on any atom is -0.463 e. The maximum atomic E-state index is 11.5. The second kappa shape index (κ2) is 8.80. The summed E-state index contributed by atoms with van der Waals surface area (Å²) < 4.78 is 5.63. The minimum atomic E-state index is -0.115. The molecule has 0 aromatic heterocycles. The van der Waals surface area contributed by atoms with Crippen molar-refractivity contribution in [3.8, 4) is 0 Å². The van der Waals surface area contributed by atoms with Gasteiger partial charge in [0.25, 0.3) is 0 Å². The molecule has 0 radical (unpaired) electrons. The van der Waals surface area contributed by atoms with Crippen LogP contribution in [-0.2, 0) is 9.53 Å². The third kappa shape index (κ3) is 4.05. The molecule has 0 unspecified atom stereocenters. The second-order valence-electron chi connectivity index (χ2n) is 12.3. The topological polar surface area (TPSA) is 26.3 Å². The molecule has 0 saturated heterocycles. The number of esters is 1. The van der Waals surface area contributed by atoms with Crippen LogP contribution in [0.2, 0.25) is 0 Å². The van der Waals surface area contributed by atoms with E-state index < -0.39 is 0 Å². The van der Waals surface area contributed by atoms with Crippen LogP contribution in [0.4, 0.5) is 0 Å². The average Bonchev–Trinajstić information content (AvgIpc) is 3.08. The fourth-order valence-electron chi connectivity index (χ4n) is 7.70. The van der Waals surface area contributed by atoms with Gasteiger partial charge < -0.3 is 4.74 Å². The van der Waals surface area contributed by atoms with Crippen molar-refractivity contribution in [1.29, 1.82) is 0 Å². The quantitative estimate of drug-likeness (QED) is 0.320. The van der Waals surface area contributed by atoms with E-state index in [2.05, 4.69) is 59.8 Å². The van der Waals surface area contributed by atoms with Gasteiger partial charge in [-0.15, -0.1) is 0 Å². The summed E-state index contributed by atoms with van der Waals surface area (Å²) in [5, 5.41) is 0. The van der Waals surface area contributed by atoms with E-state index in [1.54, 1.807) is 23.6 Å². The molecule has 1 fully saturated rings. The molecule has 4 rings (SSSR count). The Morgan fingerprint density at radius 3 is 2.50 bits per heavy atom. The molecule has 0 heterocycles. The number of rotatable bonds is 5. The lowest BCUT2D eigenvalue weighted by atomic mass is 9.51. The molecule has 0 aliphatic heterocycles. The van der Waals surface area contributed by atoms with Crippen LogP contribution in [0.5, 0.6) is 0 Å². The number of allylic oxidation sites excluding steroid dienone is 6. The zero-order chi connectivity index (χ0) is 23.3. The highest BCUT2D eigenvalue weighted by Gasteiger charge is 2.53. The molecule has 32 heavy (non-hydrogen) atoms. The van der Waals surface area contributed by atoms with Crippen LogP contribution in [-0.4, -0.2) is 12.1 Å². The highest BCUT2D eigenvalue weighted by atomic mass is 16.5. The Morgan fingerprint density at radius 1 is 1.06 bits per heavy atom. The van der Waals surface area contributed by atoms with Crippen molar-refractivity contribution in [3.05, 3.63) is 34.9 Å². The van der Waals surface area contributed by atoms with Crippen molar-refractivity contribution >= 4 is 5.97 Å². The Hall–Kier alpha value is -1.31. The molecule has 4 aliphatic rings. The van der Waals surface area contributed by atoms with E-state index in [0.717, 1.165) is 18.8 Å². The first-order valence-corrected chi connectivity index (χ1v) is 13.3. The number of carbonyl (C=O) groups excluding carboxylic acids is 1. The van der Waals surface area contributed by atoms with Gasteiger partial charge in [0.15, 0.2) is 0 Å². The van der Waals surface area contributed by atoms with Gasteiger partial charge in [-0.25, -0.2) is 0 Å². The van der Waals surface area contributed by atoms with Gasteiger partial charge in [0.1, 0.15) is 6.10 Å². The SMILES string of the molecule is CC(=O)O[C@@H]1CC[C@]2(C)C3=C(CC[C@@H]2C1)C1=CC[C@H]([C@H](C)/C=C/[C@H](C)C(C)C)[C@]1(C)CC3. The average molecular weight is 439 g/mol. The summed E-state index contributed by atoms with van der Waals surface area (Å²) in [6.07, 6.45) is 17.3. The van der Waals surface area contributed by atoms with E-state index in [9.17, 15) is 4.79 Å². The molecule has 0 spiro atoms. The predicted octanol–water partition coefficient (Wildman–Crippen LogP) is 8.05. The van der Waals surface area contributed by atoms with Gasteiger partial charge >= 0.3 is 5.97 Å². The van der Waals surface area contributed by atoms with Crippen molar-refractivity contribution in [1.82, 2.24) is 0 Å². The molecule has 0 bridgehead atoms. The van der Waals surface area contributed by atoms with Gasteiger partial charge in [-0.2, -0.15) is 0 Å². The zero-order valence-electron chi connectivity index (χ0n) is 21.7. The normalized spacial score (nSPS) is 38.8. The summed E-state index contributed by atoms with van der Waals surface area (Å²) in [4.78, 5) is 11.5. The monoisotopic (exact) mass is 438 g/mol. The van der Waals surface area contributed by atoms with Crippen LogP contribution in [0.25, 0.3) is 0 Å². The van der Waals surface area contributed by atoms with Gasteiger partial charge in [0.2, 0.25) is 0 Å². The molecular weight excluding hydrogens is 392 g/mol. The first kappa shape index (κ1) is 23.8. The molecular formula is C30H46O2. The fourth-order valence-corrected chi connectivity index (χ4v) is 7.70. The summed E-state index contributed by atoms with van der Waals surface area (Å²) in [6, 6.07) is 0. The molecule has 2 heteroatoms. The van der Waals surface area contributed by atoms with Crippen LogP contribution in [0, 0.1) is 40.4 Å². The fraction of sp³-hybridized carbons (Fsp3) is 0.767. The van der Waals surface area contributed by atoms with Gasteiger partial charge in [-0.05, 0) is 103 Å². The molecule has 2 nitrogen and oxygen atoms in total. The maximum absolute atomic E-state index is 11.5. The summed E-state index contributed by atoms with van der Waals surface area (Å²) in [7, 11) is 0. The molecule has 1 saturated carbocycles. The predicted molar refractivity (Wildman–Crippen MR) is 133 cm³/mol. The molecule has 0 amide bonds. The lowest BCUT2D eigenvalue weighted by molar-refractivity contribution is -0.150. The first-order chi connectivity index (χ1) is 15.1. The van der Waals surface area contributed by atoms with E-state index >= 15 is 0 Å². The van der Waals surface area contributed by atoms with Crippen LogP contribution in [0.3, 0.4) is 0 Å². The third-order valence-corrected chi connectivity index (χ3v) is 10.2. The van der Waals surface area contributed by atoms with E-state index in [0.29, 0.717) is 34.5 Å². The van der Waals surface area contributed by atoms with Crippen molar-refractivity contribution in [2.24, 2.45) is 40.4 Å².